The van der Waals surface area contributed by atoms with Crippen molar-refractivity contribution in [2.24, 2.45) is 17.4 Å². The molecule has 0 atom stereocenters. The summed E-state index contributed by atoms with van der Waals surface area (Å²) >= 11 is 0. The number of esters is 1. The first-order valence-electron chi connectivity index (χ1n) is 46.8. The number of hydrogen-bond donors (Lipinski definition) is 6. The number of aliphatic carboxylic acids is 2. The smallest absolute Gasteiger partial charge is 0.305 e. The van der Waals surface area contributed by atoms with Gasteiger partial charge in [0, 0.05) is 152 Å². The number of ketones is 1. The predicted octanol–water partition coefficient (Wildman–Crippen LogP) is 21.5. The van der Waals surface area contributed by atoms with E-state index in [-0.39, 0.29) is 54.3 Å². The number of carboxylic acids is 2. The van der Waals surface area contributed by atoms with E-state index in [0.29, 0.717) is 70.0 Å². The number of rotatable bonds is 31. The molecular weight excluding hydrogens is 1600 g/mol. The minimum atomic E-state index is -2.66. The number of carbonyl (C=O) groups is 9. The maximum Gasteiger partial charge on any atom is 0.305 e. The van der Waals surface area contributed by atoms with Crippen molar-refractivity contribution in [2.75, 3.05) is 171 Å². The van der Waals surface area contributed by atoms with Crippen LogP contribution in [0.3, 0.4) is 0 Å². The van der Waals surface area contributed by atoms with Crippen LogP contribution in [-0.2, 0) is 67.2 Å². The van der Waals surface area contributed by atoms with Gasteiger partial charge in [-0.1, -0.05) is 258 Å². The minimum Gasteiger partial charge on any atom is -0.481 e. The number of hydrogen-bond acceptors (Lipinski definition) is 20. The number of aliphatic hydroxyl groups excluding tert-OH is 1. The van der Waals surface area contributed by atoms with Gasteiger partial charge in [0.05, 0.1) is 13.2 Å². The molecule has 8 N–H and O–H groups in total. The second-order valence-corrected chi connectivity index (χ2v) is 29.7. The molecule has 27 nitrogen and oxygen atoms in total. The number of primary amides is 2. The molecule has 1 fully saturated rings. The summed E-state index contributed by atoms with van der Waals surface area (Å²) in [5.74, 6) is 0.208. The number of aliphatic hydroxyl groups is 1. The SMILES string of the molecule is CC.CC.CCC.CCC.CCC#N.CCC(=O)CC.CCC(=O)N(C)C.CCC(=O)O.CCC(N)=O.CCC1CC1.CCCC(=O)N(C)C.CCCC(=O)NC.CCCC(=O)O.CCCC(=O)OC.CCCC(N)=O.CCCCC.CCCCCN(C)C.CCCCN(C)C.CCCN(C)C.CCN(C)C.CCO.CCOC.CCOC.CCS(C)(=O)=O. The normalized spacial score (nSPS) is 8.93. The second-order valence-electron chi connectivity index (χ2n) is 27.3. The van der Waals surface area contributed by atoms with Crippen LogP contribution < -0.4 is 16.8 Å². The van der Waals surface area contributed by atoms with Crippen LogP contribution in [0.25, 0.3) is 0 Å². The maximum atomic E-state index is 10.7. The van der Waals surface area contributed by atoms with Crippen LogP contribution in [0.15, 0.2) is 0 Å². The lowest BCUT2D eigenvalue weighted by atomic mass is 10.2. The zero-order valence-electron chi connectivity index (χ0n) is 91.7. The van der Waals surface area contributed by atoms with Gasteiger partial charge in [0.25, 0.3) is 0 Å². The van der Waals surface area contributed by atoms with Crippen molar-refractivity contribution in [3.05, 3.63) is 0 Å². The average Bonchev–Trinajstić information content (AvgIpc) is 1.82. The molecule has 1 saturated carbocycles. The lowest BCUT2D eigenvalue weighted by Crippen LogP contribution is -2.20. The van der Waals surface area contributed by atoms with Crippen molar-refractivity contribution in [3.8, 4) is 6.07 Å². The van der Waals surface area contributed by atoms with E-state index in [1.807, 2.05) is 110 Å². The lowest BCUT2D eigenvalue weighted by Gasteiger charge is -2.07. The minimum absolute atomic E-state index is 0.123. The highest BCUT2D eigenvalue weighted by atomic mass is 32.2. The van der Waals surface area contributed by atoms with Crippen LogP contribution in [0.4, 0.5) is 0 Å². The zero-order chi connectivity index (χ0) is 104. The lowest BCUT2D eigenvalue weighted by molar-refractivity contribution is -0.141. The third kappa shape index (κ3) is 454. The Hall–Kier alpha value is -5.41. The van der Waals surface area contributed by atoms with Crippen molar-refractivity contribution in [1.29, 1.82) is 5.26 Å². The van der Waals surface area contributed by atoms with E-state index in [1.165, 1.54) is 123 Å². The van der Waals surface area contributed by atoms with Gasteiger partial charge >= 0.3 is 17.9 Å². The Labute approximate surface area is 775 Å². The molecule has 124 heavy (non-hydrogen) atoms. The molecule has 0 unspecified atom stereocenters. The summed E-state index contributed by atoms with van der Waals surface area (Å²) in [4.78, 5) is 102. The van der Waals surface area contributed by atoms with Gasteiger partial charge in [-0.2, -0.15) is 5.26 Å². The first-order valence-corrected chi connectivity index (χ1v) is 48.8. The van der Waals surface area contributed by atoms with E-state index in [1.54, 1.807) is 87.0 Å². The molecule has 0 aromatic rings. The van der Waals surface area contributed by atoms with Crippen LogP contribution in [0.2, 0.25) is 0 Å². The number of amides is 5. The highest BCUT2D eigenvalue weighted by Gasteiger charge is 2.17. The largest absolute Gasteiger partial charge is 0.481 e. The molecular formula is C96H226N10O17S. The van der Waals surface area contributed by atoms with Gasteiger partial charge in [0.1, 0.15) is 15.6 Å². The van der Waals surface area contributed by atoms with Crippen molar-refractivity contribution < 1.29 is 81.1 Å². The van der Waals surface area contributed by atoms with Crippen LogP contribution in [-0.4, -0.2) is 277 Å². The first kappa shape index (κ1) is 179. The number of unbranched alkanes of at least 4 members (excludes halogenated alkanes) is 5. The number of sulfone groups is 1. The topological polar surface area (TPSA) is 383 Å². The summed E-state index contributed by atoms with van der Waals surface area (Å²) in [5.41, 5.74) is 9.42. The van der Waals surface area contributed by atoms with Gasteiger partial charge in [-0.05, 0) is 161 Å². The van der Waals surface area contributed by atoms with Crippen molar-refractivity contribution in [2.45, 2.75) is 400 Å². The third-order valence-corrected chi connectivity index (χ3v) is 13.4. The third-order valence-electron chi connectivity index (χ3n) is 12.3. The summed E-state index contributed by atoms with van der Waals surface area (Å²) in [6, 6.07) is 1.93. The van der Waals surface area contributed by atoms with E-state index in [0.717, 1.165) is 57.8 Å². The highest BCUT2D eigenvalue weighted by Crippen LogP contribution is 2.31. The van der Waals surface area contributed by atoms with E-state index in [9.17, 15) is 51.6 Å². The fourth-order valence-electron chi connectivity index (χ4n) is 4.60. The molecule has 1 aliphatic rings. The maximum absolute atomic E-state index is 10.7. The molecule has 0 heterocycles. The Morgan fingerprint density at radius 1 is 0.427 bits per heavy atom. The molecule has 0 spiro atoms. The Kier molecular flexibility index (Phi) is 276. The fourth-order valence-corrected chi connectivity index (χ4v) is 4.60. The molecule has 5 amide bonds. The van der Waals surface area contributed by atoms with Crippen molar-refractivity contribution in [3.63, 3.8) is 0 Å². The number of methoxy groups -OCH3 is 3. The highest BCUT2D eigenvalue weighted by molar-refractivity contribution is 7.90. The molecule has 0 saturated heterocycles. The zero-order valence-corrected chi connectivity index (χ0v) is 92.5. The van der Waals surface area contributed by atoms with Gasteiger partial charge in [-0.15, -0.1) is 0 Å². The second kappa shape index (κ2) is 191. The van der Waals surface area contributed by atoms with E-state index >= 15 is 0 Å². The number of nitriles is 1. The predicted molar refractivity (Wildman–Crippen MR) is 545 cm³/mol. The van der Waals surface area contributed by atoms with E-state index < -0.39 is 21.8 Å². The molecule has 0 radical (unpaired) electrons. The number of carboxylic acid groups (broad SMARTS) is 2. The van der Waals surface area contributed by atoms with E-state index in [2.05, 4.69) is 177 Å². The van der Waals surface area contributed by atoms with Crippen LogP contribution in [0.5, 0.6) is 0 Å². The van der Waals surface area contributed by atoms with Crippen LogP contribution in [0.1, 0.15) is 400 Å². The quantitative estimate of drug-likeness (QED) is 0.0277. The Morgan fingerprint density at radius 3 is 0.774 bits per heavy atom. The molecule has 0 bridgehead atoms. The summed E-state index contributed by atoms with van der Waals surface area (Å²) in [6.45, 7) is 66.3. The molecule has 1 aliphatic carbocycles. The Bertz CT molecular complexity index is 1930. The number of carbonyl (C=O) groups excluding carboxylic acids is 7. The van der Waals surface area contributed by atoms with Crippen molar-refractivity contribution >= 4 is 63.1 Å². The Balaban J connectivity index is -0.0000000411. The Morgan fingerprint density at radius 2 is 0.718 bits per heavy atom. The molecule has 768 valence electrons. The average molecular weight is 1820 g/mol. The van der Waals surface area contributed by atoms with Gasteiger partial charge < -0.3 is 75.7 Å². The standard InChI is InChI=1S/C7H17N.C6H13NO.C6H15N.2C5H11NO.C5H13N.C5H10O2.C5H10O.C5H10.C5H12.C4H9NO.C4H11N.C4H8O2.C3H7NO.C3H5N.C3H8O2S.C3H6O2.2C3H8O.2C3H8.C2H6O.2C2H6/c1-4-5-6-7-8(2)3;1-4-5-6(8)7(2)3;1-4-5-6-7(2)3;1-4-5(7)6(2)3;1-3-4-5(7)6-2;1-4-5-6(2)3;1-3-4-5(6)7-2;1-3-5(6)4-2;1-2-5-3-4-5;1-3-5-4-2;1-2-3-4(5)6;1-4-5(2)3;1-2-3-4(5)6;1-2-3(4)5;1-2-3-4;1-3-6(2,4)5;1-2-3(4)5;2*1-3-4-2;2*1-3-2;1-2-3;2*1-2/h4-7H2,1-3H3;4-5H2,1-3H3;4-6H2,1-3H3;4H2,1-3H3;3-4H2,1-2H3,(H,6,7);4-5H2,1-3H3;3-4H2,1-2H3;3-4H2,1-2H3;5H,2-4H2,1H3;3-5H2,1-2H3;2-3H2,1H3,(H2,5,6);4H2,1-3H3;2-3H2,1H3,(H,5,6);2H2,1H3,(H2,4,5);2H2,1H3;3H2,1-2H3;2H2,1H3,(H,4,5);2*3H2,1-2H3;2*3H2,1-2H3;3H,2H2,1H3;2*1-2H3. The molecule has 0 aromatic carbocycles. The fraction of sp³-hybridized carbons (Fsp3) is 0.896. The summed E-state index contributed by atoms with van der Waals surface area (Å²) in [5, 5.41) is 33.4. The molecule has 1 rings (SSSR count). The van der Waals surface area contributed by atoms with Crippen LogP contribution >= 0.6 is 0 Å². The number of nitrogens with zero attached hydrogens (tertiary/aromatic N) is 7. The molecule has 0 aromatic heterocycles. The number of Topliss-reactive ketones (excluding diaryl/α,β-unsaturated/α-hetero) is 1. The first-order chi connectivity index (χ1) is 57.8. The summed E-state index contributed by atoms with van der Waals surface area (Å²) in [7, 11) is 27.6. The summed E-state index contributed by atoms with van der Waals surface area (Å²) in [6.07, 6.45) is 30.4. The van der Waals surface area contributed by atoms with Gasteiger partial charge in [0.15, 0.2) is 0 Å². The van der Waals surface area contributed by atoms with Crippen LogP contribution in [0, 0.1) is 17.2 Å². The van der Waals surface area contributed by atoms with Gasteiger partial charge in [-0.3, -0.25) is 43.2 Å². The van der Waals surface area contributed by atoms with Crippen molar-refractivity contribution in [1.82, 2.24) is 34.7 Å². The number of ether oxygens (including phenoxy) is 3. The molecule has 28 heteroatoms. The van der Waals surface area contributed by atoms with Gasteiger partial charge in [0.2, 0.25) is 29.5 Å². The number of nitrogens with two attached hydrogens (primary N) is 2. The summed E-state index contributed by atoms with van der Waals surface area (Å²) < 4.78 is 33.4. The monoisotopic (exact) mass is 1820 g/mol. The number of nitrogens with one attached hydrogen (secondary N) is 1. The van der Waals surface area contributed by atoms with Gasteiger partial charge in [-0.25, -0.2) is 8.42 Å². The molecule has 0 aliphatic heterocycles. The van der Waals surface area contributed by atoms with E-state index in [4.69, 9.17) is 26.3 Å².